The second-order valence-corrected chi connectivity index (χ2v) is 3.61. The highest BCUT2D eigenvalue weighted by Gasteiger charge is 2.21. The van der Waals surface area contributed by atoms with Crippen molar-refractivity contribution in [1.82, 2.24) is 0 Å². The molecule has 0 bridgehead atoms. The number of carbonyl (C=O) groups excluding carboxylic acids is 2. The second kappa shape index (κ2) is 6.90. The SMILES string of the molecule is COC(=O)C(Cl)CCC(Cl)C(=O)OC. The van der Waals surface area contributed by atoms with E-state index in [2.05, 4.69) is 9.47 Å². The van der Waals surface area contributed by atoms with Crippen LogP contribution in [-0.2, 0) is 19.1 Å². The summed E-state index contributed by atoms with van der Waals surface area (Å²) < 4.78 is 8.80. The van der Waals surface area contributed by atoms with E-state index in [1.807, 2.05) is 0 Å². The molecular formula is C8H12Cl2O4. The lowest BCUT2D eigenvalue weighted by molar-refractivity contribution is -0.142. The molecule has 0 aromatic heterocycles. The third-order valence-electron chi connectivity index (χ3n) is 1.59. The van der Waals surface area contributed by atoms with Gasteiger partial charge in [-0.2, -0.15) is 0 Å². The molecule has 0 spiro atoms. The van der Waals surface area contributed by atoms with Gasteiger partial charge in [-0.05, 0) is 12.8 Å². The van der Waals surface area contributed by atoms with Gasteiger partial charge in [0.2, 0.25) is 0 Å². The predicted octanol–water partition coefficient (Wildman–Crippen LogP) is 1.33. The van der Waals surface area contributed by atoms with Gasteiger partial charge in [0.05, 0.1) is 14.2 Å². The summed E-state index contributed by atoms with van der Waals surface area (Å²) in [6, 6.07) is 0. The van der Waals surface area contributed by atoms with Crippen LogP contribution in [-0.4, -0.2) is 36.9 Å². The van der Waals surface area contributed by atoms with Crippen molar-refractivity contribution in [2.75, 3.05) is 14.2 Å². The summed E-state index contributed by atoms with van der Waals surface area (Å²) in [5.41, 5.74) is 0. The van der Waals surface area contributed by atoms with Crippen molar-refractivity contribution in [2.24, 2.45) is 0 Å². The molecule has 0 aliphatic heterocycles. The third kappa shape index (κ3) is 4.67. The highest BCUT2D eigenvalue weighted by molar-refractivity contribution is 6.31. The Balaban J connectivity index is 3.82. The van der Waals surface area contributed by atoms with Gasteiger partial charge >= 0.3 is 11.9 Å². The number of ether oxygens (including phenoxy) is 2. The lowest BCUT2D eigenvalue weighted by atomic mass is 10.2. The van der Waals surface area contributed by atoms with Crippen LogP contribution in [0.1, 0.15) is 12.8 Å². The van der Waals surface area contributed by atoms with Crippen LogP contribution in [0.2, 0.25) is 0 Å². The zero-order valence-corrected chi connectivity index (χ0v) is 9.47. The average Bonchev–Trinajstić information content (AvgIpc) is 2.22. The van der Waals surface area contributed by atoms with Gasteiger partial charge in [0.1, 0.15) is 10.8 Å². The van der Waals surface area contributed by atoms with Gasteiger partial charge in [-0.25, -0.2) is 0 Å². The first kappa shape index (κ1) is 13.5. The molecule has 82 valence electrons. The number of rotatable bonds is 5. The fourth-order valence-corrected chi connectivity index (χ4v) is 1.21. The minimum atomic E-state index is -0.772. The smallest absolute Gasteiger partial charge is 0.323 e. The Morgan fingerprint density at radius 3 is 1.50 bits per heavy atom. The summed E-state index contributed by atoms with van der Waals surface area (Å²) in [7, 11) is 2.49. The lowest BCUT2D eigenvalue weighted by Gasteiger charge is -2.09. The predicted molar refractivity (Wildman–Crippen MR) is 52.5 cm³/mol. The number of hydrogen-bond acceptors (Lipinski definition) is 4. The Morgan fingerprint density at radius 2 is 1.29 bits per heavy atom. The first-order valence-corrected chi connectivity index (χ1v) is 4.84. The van der Waals surface area contributed by atoms with E-state index in [9.17, 15) is 9.59 Å². The molecule has 0 aliphatic rings. The monoisotopic (exact) mass is 242 g/mol. The molecule has 14 heavy (non-hydrogen) atoms. The topological polar surface area (TPSA) is 52.6 Å². The van der Waals surface area contributed by atoms with Crippen molar-refractivity contribution in [3.05, 3.63) is 0 Å². The van der Waals surface area contributed by atoms with Crippen molar-refractivity contribution < 1.29 is 19.1 Å². The molecule has 0 heterocycles. The molecule has 0 fully saturated rings. The molecular weight excluding hydrogens is 231 g/mol. The van der Waals surface area contributed by atoms with Crippen LogP contribution in [0, 0.1) is 0 Å². The maximum Gasteiger partial charge on any atom is 0.323 e. The Bertz CT molecular complexity index is 186. The van der Waals surface area contributed by atoms with E-state index in [0.717, 1.165) is 0 Å². The van der Waals surface area contributed by atoms with Crippen molar-refractivity contribution in [3.63, 3.8) is 0 Å². The maximum atomic E-state index is 10.9. The quantitative estimate of drug-likeness (QED) is 0.540. The highest BCUT2D eigenvalue weighted by atomic mass is 35.5. The minimum Gasteiger partial charge on any atom is -0.468 e. The third-order valence-corrected chi connectivity index (χ3v) is 2.38. The molecule has 0 saturated carbocycles. The van der Waals surface area contributed by atoms with Crippen LogP contribution in [0.4, 0.5) is 0 Å². The van der Waals surface area contributed by atoms with Crippen LogP contribution in [0.25, 0.3) is 0 Å². The summed E-state index contributed by atoms with van der Waals surface area (Å²) in [4.78, 5) is 21.7. The molecule has 0 N–H and O–H groups in total. The standard InChI is InChI=1S/C8H12Cl2O4/c1-13-7(11)5(9)3-4-6(10)8(12)14-2/h5-6H,3-4H2,1-2H3. The van der Waals surface area contributed by atoms with Gasteiger partial charge in [0.15, 0.2) is 0 Å². The van der Waals surface area contributed by atoms with Gasteiger partial charge in [0, 0.05) is 0 Å². The summed E-state index contributed by atoms with van der Waals surface area (Å²) >= 11 is 11.3. The van der Waals surface area contributed by atoms with Gasteiger partial charge in [-0.3, -0.25) is 9.59 Å². The molecule has 0 saturated heterocycles. The molecule has 2 unspecified atom stereocenters. The van der Waals surface area contributed by atoms with Crippen LogP contribution >= 0.6 is 23.2 Å². The fraction of sp³-hybridized carbons (Fsp3) is 0.750. The Hall–Kier alpha value is -0.480. The summed E-state index contributed by atoms with van der Waals surface area (Å²) in [5.74, 6) is -1.05. The highest BCUT2D eigenvalue weighted by Crippen LogP contribution is 2.13. The van der Waals surface area contributed by atoms with Gasteiger partial charge < -0.3 is 9.47 Å². The Labute approximate surface area is 92.5 Å². The second-order valence-electron chi connectivity index (χ2n) is 2.56. The largest absolute Gasteiger partial charge is 0.468 e. The van der Waals surface area contributed by atoms with Crippen LogP contribution in [0.15, 0.2) is 0 Å². The minimum absolute atomic E-state index is 0.275. The normalized spacial score (nSPS) is 14.3. The van der Waals surface area contributed by atoms with E-state index in [4.69, 9.17) is 23.2 Å². The Kier molecular flexibility index (Phi) is 6.66. The van der Waals surface area contributed by atoms with E-state index in [1.54, 1.807) is 0 Å². The molecule has 4 nitrogen and oxygen atoms in total. The van der Waals surface area contributed by atoms with Crippen molar-refractivity contribution in [3.8, 4) is 0 Å². The molecule has 2 atom stereocenters. The van der Waals surface area contributed by atoms with E-state index >= 15 is 0 Å². The van der Waals surface area contributed by atoms with Gasteiger partial charge in [0.25, 0.3) is 0 Å². The molecule has 0 radical (unpaired) electrons. The molecule has 0 aromatic carbocycles. The maximum absolute atomic E-state index is 10.9. The van der Waals surface area contributed by atoms with Crippen LogP contribution in [0.5, 0.6) is 0 Å². The molecule has 0 aliphatic carbocycles. The zero-order chi connectivity index (χ0) is 11.1. The molecule has 0 rings (SSSR count). The number of hydrogen-bond donors (Lipinski definition) is 0. The van der Waals surface area contributed by atoms with Crippen molar-refractivity contribution >= 4 is 35.1 Å². The van der Waals surface area contributed by atoms with Crippen molar-refractivity contribution in [1.29, 1.82) is 0 Å². The Morgan fingerprint density at radius 1 is 1.00 bits per heavy atom. The van der Waals surface area contributed by atoms with E-state index < -0.39 is 22.7 Å². The van der Waals surface area contributed by atoms with Crippen molar-refractivity contribution in [2.45, 2.75) is 23.6 Å². The fourth-order valence-electron chi connectivity index (χ4n) is 0.784. The molecule has 0 aromatic rings. The van der Waals surface area contributed by atoms with E-state index in [1.165, 1.54) is 14.2 Å². The van der Waals surface area contributed by atoms with Gasteiger partial charge in [-0.15, -0.1) is 23.2 Å². The summed E-state index contributed by atoms with van der Waals surface area (Å²) in [5, 5.41) is -1.54. The summed E-state index contributed by atoms with van der Waals surface area (Å²) in [6.07, 6.45) is 0.551. The number of carbonyl (C=O) groups is 2. The lowest BCUT2D eigenvalue weighted by Crippen LogP contribution is -2.21. The first-order valence-electron chi connectivity index (χ1n) is 3.96. The first-order chi connectivity index (χ1) is 6.52. The average molecular weight is 243 g/mol. The van der Waals surface area contributed by atoms with Crippen LogP contribution in [0.3, 0.4) is 0 Å². The molecule has 6 heteroatoms. The number of halogens is 2. The molecule has 0 amide bonds. The number of methoxy groups -OCH3 is 2. The zero-order valence-electron chi connectivity index (χ0n) is 7.96. The number of alkyl halides is 2. The summed E-state index contributed by atoms with van der Waals surface area (Å²) in [6.45, 7) is 0. The van der Waals surface area contributed by atoms with E-state index in [0.29, 0.717) is 0 Å². The van der Waals surface area contributed by atoms with Gasteiger partial charge in [-0.1, -0.05) is 0 Å². The van der Waals surface area contributed by atoms with E-state index in [-0.39, 0.29) is 12.8 Å². The number of esters is 2. The van der Waals surface area contributed by atoms with Crippen LogP contribution < -0.4 is 0 Å².